The maximum Gasteiger partial charge on any atom is 0.246 e. The molecule has 1 amide bonds. The van der Waals surface area contributed by atoms with E-state index in [0.717, 1.165) is 10.0 Å². The molecule has 80 valence electrons. The number of morpholine rings is 1. The van der Waals surface area contributed by atoms with Crippen LogP contribution in [-0.4, -0.2) is 19.1 Å². The molecule has 1 aromatic carbocycles. The summed E-state index contributed by atoms with van der Waals surface area (Å²) >= 11 is 3.45. The molecule has 3 nitrogen and oxygen atoms in total. The maximum atomic E-state index is 10.9. The molecular weight excluding hydrogens is 258 g/mol. The highest BCUT2D eigenvalue weighted by molar-refractivity contribution is 9.10. The van der Waals surface area contributed by atoms with E-state index >= 15 is 0 Å². The van der Waals surface area contributed by atoms with Crippen molar-refractivity contribution in [2.24, 2.45) is 0 Å². The number of halogens is 1. The van der Waals surface area contributed by atoms with Crippen molar-refractivity contribution in [1.29, 1.82) is 0 Å². The molecule has 0 saturated carbocycles. The lowest BCUT2D eigenvalue weighted by Gasteiger charge is -2.23. The lowest BCUT2D eigenvalue weighted by molar-refractivity contribution is -0.133. The van der Waals surface area contributed by atoms with Gasteiger partial charge in [-0.05, 0) is 30.2 Å². The molecule has 0 spiro atoms. The van der Waals surface area contributed by atoms with Gasteiger partial charge in [0.15, 0.2) is 0 Å². The van der Waals surface area contributed by atoms with Crippen molar-refractivity contribution in [1.82, 2.24) is 5.32 Å². The molecule has 1 atom stereocenters. The average Bonchev–Trinajstić information content (AvgIpc) is 2.17. The highest BCUT2D eigenvalue weighted by Gasteiger charge is 2.20. The molecule has 0 aliphatic carbocycles. The van der Waals surface area contributed by atoms with Crippen LogP contribution in [0.2, 0.25) is 0 Å². The monoisotopic (exact) mass is 269 g/mol. The van der Waals surface area contributed by atoms with Crippen molar-refractivity contribution in [2.75, 3.05) is 13.2 Å². The number of nitrogens with one attached hydrogen (secondary N) is 1. The Morgan fingerprint density at radius 3 is 2.87 bits per heavy atom. The van der Waals surface area contributed by atoms with Crippen molar-refractivity contribution >= 4 is 21.8 Å². The number of hydrogen-bond donors (Lipinski definition) is 1. The Morgan fingerprint density at radius 1 is 1.47 bits per heavy atom. The Morgan fingerprint density at radius 2 is 2.27 bits per heavy atom. The standard InChI is InChI=1S/C11H12BrNO2/c1-7-2-8(4-9(12)3-7)10-5-13-11(14)6-15-10/h2-4,10H,5-6H2,1H3,(H,13,14). The molecule has 4 heteroatoms. The molecule has 15 heavy (non-hydrogen) atoms. The minimum atomic E-state index is -0.0435. The largest absolute Gasteiger partial charge is 0.362 e. The van der Waals surface area contributed by atoms with Gasteiger partial charge in [0.05, 0.1) is 0 Å². The summed E-state index contributed by atoms with van der Waals surface area (Å²) in [4.78, 5) is 10.9. The van der Waals surface area contributed by atoms with E-state index < -0.39 is 0 Å². The van der Waals surface area contributed by atoms with Gasteiger partial charge in [-0.2, -0.15) is 0 Å². The van der Waals surface area contributed by atoms with E-state index in [0.29, 0.717) is 6.54 Å². The van der Waals surface area contributed by atoms with Crippen LogP contribution in [0.15, 0.2) is 22.7 Å². The zero-order chi connectivity index (χ0) is 10.8. The van der Waals surface area contributed by atoms with Gasteiger partial charge < -0.3 is 10.1 Å². The summed E-state index contributed by atoms with van der Waals surface area (Å²) in [7, 11) is 0. The number of carbonyl (C=O) groups excluding carboxylic acids is 1. The molecule has 1 N–H and O–H groups in total. The summed E-state index contributed by atoms with van der Waals surface area (Å²) in [6, 6.07) is 6.15. The highest BCUT2D eigenvalue weighted by atomic mass is 79.9. The number of benzene rings is 1. The van der Waals surface area contributed by atoms with Crippen LogP contribution in [-0.2, 0) is 9.53 Å². The smallest absolute Gasteiger partial charge is 0.246 e. The number of ether oxygens (including phenoxy) is 1. The van der Waals surface area contributed by atoms with Gasteiger partial charge in [-0.25, -0.2) is 0 Å². The molecular formula is C11H12BrNO2. The third kappa shape index (κ3) is 2.58. The Bertz CT molecular complexity index is 362. The predicted octanol–water partition coefficient (Wildman–Crippen LogP) is 1.95. The maximum absolute atomic E-state index is 10.9. The van der Waals surface area contributed by atoms with Gasteiger partial charge in [-0.1, -0.05) is 22.0 Å². The van der Waals surface area contributed by atoms with Crippen LogP contribution in [0, 0.1) is 6.92 Å². The Kier molecular flexibility index (Phi) is 3.07. The Balaban J connectivity index is 2.18. The normalized spacial score (nSPS) is 21.2. The molecule has 0 radical (unpaired) electrons. The summed E-state index contributed by atoms with van der Waals surface area (Å²) in [5, 5.41) is 2.79. The van der Waals surface area contributed by atoms with E-state index in [1.807, 2.05) is 19.1 Å². The molecule has 1 fully saturated rings. The van der Waals surface area contributed by atoms with Crippen LogP contribution >= 0.6 is 15.9 Å². The first-order valence-electron chi connectivity index (χ1n) is 4.80. The SMILES string of the molecule is Cc1cc(Br)cc(C2CNC(=O)CO2)c1. The van der Waals surface area contributed by atoms with Crippen LogP contribution in [0.5, 0.6) is 0 Å². The molecule has 0 aromatic heterocycles. The van der Waals surface area contributed by atoms with Crippen molar-refractivity contribution in [3.63, 3.8) is 0 Å². The van der Waals surface area contributed by atoms with Crippen molar-refractivity contribution in [3.05, 3.63) is 33.8 Å². The van der Waals surface area contributed by atoms with Gasteiger partial charge in [-0.15, -0.1) is 0 Å². The molecule has 1 aromatic rings. The van der Waals surface area contributed by atoms with Crippen molar-refractivity contribution in [2.45, 2.75) is 13.0 Å². The molecule has 1 saturated heterocycles. The Labute approximate surface area is 96.9 Å². The van der Waals surface area contributed by atoms with Gasteiger partial charge in [0.1, 0.15) is 12.7 Å². The summed E-state index contributed by atoms with van der Waals surface area (Å²) in [5.41, 5.74) is 2.28. The lowest BCUT2D eigenvalue weighted by Crippen LogP contribution is -2.38. The van der Waals surface area contributed by atoms with E-state index in [1.54, 1.807) is 0 Å². The second-order valence-corrected chi connectivity index (χ2v) is 4.58. The van der Waals surface area contributed by atoms with Gasteiger partial charge in [-0.3, -0.25) is 4.79 Å². The Hall–Kier alpha value is -0.870. The molecule has 1 aliphatic heterocycles. The number of aryl methyl sites for hydroxylation is 1. The van der Waals surface area contributed by atoms with Crippen LogP contribution in [0.25, 0.3) is 0 Å². The highest BCUT2D eigenvalue weighted by Crippen LogP contribution is 2.24. The predicted molar refractivity (Wildman–Crippen MR) is 60.6 cm³/mol. The fourth-order valence-electron chi connectivity index (χ4n) is 1.66. The lowest BCUT2D eigenvalue weighted by atomic mass is 10.1. The van der Waals surface area contributed by atoms with Gasteiger partial charge >= 0.3 is 0 Å². The summed E-state index contributed by atoms with van der Waals surface area (Å²) in [6.45, 7) is 2.74. The second-order valence-electron chi connectivity index (χ2n) is 3.67. The van der Waals surface area contributed by atoms with E-state index in [-0.39, 0.29) is 18.6 Å². The first-order chi connectivity index (χ1) is 7.15. The van der Waals surface area contributed by atoms with Crippen molar-refractivity contribution in [3.8, 4) is 0 Å². The van der Waals surface area contributed by atoms with Gasteiger partial charge in [0.25, 0.3) is 0 Å². The number of carbonyl (C=O) groups is 1. The van der Waals surface area contributed by atoms with Crippen molar-refractivity contribution < 1.29 is 9.53 Å². The second kappa shape index (κ2) is 4.33. The van der Waals surface area contributed by atoms with Crippen LogP contribution in [0.1, 0.15) is 17.2 Å². The number of rotatable bonds is 1. The molecule has 1 unspecified atom stereocenters. The minimum absolute atomic E-state index is 0.0288. The zero-order valence-electron chi connectivity index (χ0n) is 8.42. The topological polar surface area (TPSA) is 38.3 Å². The third-order valence-corrected chi connectivity index (χ3v) is 2.79. The van der Waals surface area contributed by atoms with E-state index in [4.69, 9.17) is 4.74 Å². The number of amides is 1. The average molecular weight is 270 g/mol. The number of hydrogen-bond acceptors (Lipinski definition) is 2. The van der Waals surface area contributed by atoms with Crippen LogP contribution in [0.3, 0.4) is 0 Å². The minimum Gasteiger partial charge on any atom is -0.362 e. The molecule has 2 rings (SSSR count). The van der Waals surface area contributed by atoms with E-state index in [9.17, 15) is 4.79 Å². The zero-order valence-corrected chi connectivity index (χ0v) is 10.0. The molecule has 1 heterocycles. The fraction of sp³-hybridized carbons (Fsp3) is 0.364. The fourth-order valence-corrected chi connectivity index (χ4v) is 2.28. The third-order valence-electron chi connectivity index (χ3n) is 2.34. The summed E-state index contributed by atoms with van der Waals surface area (Å²) in [6.07, 6.45) is -0.0288. The first-order valence-corrected chi connectivity index (χ1v) is 5.60. The van der Waals surface area contributed by atoms with Gasteiger partial charge in [0.2, 0.25) is 5.91 Å². The van der Waals surface area contributed by atoms with E-state index in [1.165, 1.54) is 5.56 Å². The summed E-state index contributed by atoms with van der Waals surface area (Å²) in [5.74, 6) is -0.0435. The van der Waals surface area contributed by atoms with Crippen LogP contribution < -0.4 is 5.32 Å². The summed E-state index contributed by atoms with van der Waals surface area (Å²) < 4.78 is 6.49. The molecule has 1 aliphatic rings. The van der Waals surface area contributed by atoms with Gasteiger partial charge in [0, 0.05) is 11.0 Å². The quantitative estimate of drug-likeness (QED) is 0.847. The van der Waals surface area contributed by atoms with E-state index in [2.05, 4.69) is 27.3 Å². The molecule has 0 bridgehead atoms. The first kappa shape index (κ1) is 10.6. The van der Waals surface area contributed by atoms with Crippen LogP contribution in [0.4, 0.5) is 0 Å².